The Morgan fingerprint density at radius 2 is 1.89 bits per heavy atom. The van der Waals surface area contributed by atoms with Gasteiger partial charge in [-0.1, -0.05) is 19.1 Å². The van der Waals surface area contributed by atoms with Crippen molar-refractivity contribution in [3.63, 3.8) is 0 Å². The fourth-order valence-corrected chi connectivity index (χ4v) is 1.56. The molecule has 0 aliphatic rings. The van der Waals surface area contributed by atoms with E-state index in [9.17, 15) is 9.59 Å². The first-order chi connectivity index (χ1) is 8.52. The molecule has 1 aromatic rings. The molecule has 1 atom stereocenters. The molecule has 5 heteroatoms. The quantitative estimate of drug-likeness (QED) is 0.711. The van der Waals surface area contributed by atoms with E-state index < -0.39 is 12.0 Å². The summed E-state index contributed by atoms with van der Waals surface area (Å²) in [6.45, 7) is 1.86. The van der Waals surface area contributed by atoms with Gasteiger partial charge in [-0.2, -0.15) is 0 Å². The number of phenols is 1. The van der Waals surface area contributed by atoms with Gasteiger partial charge in [-0.3, -0.25) is 4.79 Å². The van der Waals surface area contributed by atoms with Crippen molar-refractivity contribution >= 4 is 11.9 Å². The maximum atomic E-state index is 11.4. The number of carbonyl (C=O) groups is 2. The standard InChI is InChI=1S/C13H17NO4/c1-2-3-12(16)14-11(13(17)18)8-9-4-6-10(15)7-5-9/h4-7,11,15H,2-3,8H2,1H3,(H,14,16)(H,17,18)/t11-/m1/s1. The number of hydrogen-bond donors (Lipinski definition) is 3. The third-order valence-corrected chi connectivity index (χ3v) is 2.49. The highest BCUT2D eigenvalue weighted by atomic mass is 16.4. The van der Waals surface area contributed by atoms with Gasteiger partial charge in [0.2, 0.25) is 5.91 Å². The van der Waals surface area contributed by atoms with Gasteiger partial charge in [-0.15, -0.1) is 0 Å². The maximum Gasteiger partial charge on any atom is 0.326 e. The van der Waals surface area contributed by atoms with Crippen molar-refractivity contribution in [1.82, 2.24) is 5.32 Å². The molecule has 1 rings (SSSR count). The molecule has 0 heterocycles. The number of aromatic hydroxyl groups is 1. The summed E-state index contributed by atoms with van der Waals surface area (Å²) in [5, 5.41) is 20.7. The smallest absolute Gasteiger partial charge is 0.326 e. The Morgan fingerprint density at radius 1 is 1.28 bits per heavy atom. The average molecular weight is 251 g/mol. The van der Waals surface area contributed by atoms with Crippen LogP contribution in [0.3, 0.4) is 0 Å². The molecule has 0 radical (unpaired) electrons. The summed E-state index contributed by atoms with van der Waals surface area (Å²) in [6.07, 6.45) is 1.20. The zero-order valence-electron chi connectivity index (χ0n) is 10.2. The van der Waals surface area contributed by atoms with E-state index in [0.29, 0.717) is 12.8 Å². The Balaban J connectivity index is 2.65. The molecule has 3 N–H and O–H groups in total. The molecular weight excluding hydrogens is 234 g/mol. The molecule has 0 saturated carbocycles. The minimum atomic E-state index is -1.06. The molecule has 18 heavy (non-hydrogen) atoms. The summed E-state index contributed by atoms with van der Waals surface area (Å²) in [5.41, 5.74) is 0.747. The Bertz CT molecular complexity index is 414. The molecule has 98 valence electrons. The number of phenolic OH excluding ortho intramolecular Hbond substituents is 1. The van der Waals surface area contributed by atoms with Crippen molar-refractivity contribution in [2.45, 2.75) is 32.2 Å². The van der Waals surface area contributed by atoms with E-state index in [0.717, 1.165) is 5.56 Å². The first-order valence-corrected chi connectivity index (χ1v) is 5.83. The van der Waals surface area contributed by atoms with Crippen LogP contribution in [0.5, 0.6) is 5.75 Å². The molecule has 0 aliphatic heterocycles. The summed E-state index contributed by atoms with van der Waals surface area (Å²) in [5.74, 6) is -1.20. The maximum absolute atomic E-state index is 11.4. The second kappa shape index (κ2) is 6.64. The van der Waals surface area contributed by atoms with Gasteiger partial charge in [0, 0.05) is 12.8 Å². The summed E-state index contributed by atoms with van der Waals surface area (Å²) >= 11 is 0. The first-order valence-electron chi connectivity index (χ1n) is 5.83. The van der Waals surface area contributed by atoms with Gasteiger partial charge in [0.05, 0.1) is 0 Å². The number of carboxylic acid groups (broad SMARTS) is 1. The molecule has 0 aliphatic carbocycles. The van der Waals surface area contributed by atoms with Crippen molar-refractivity contribution < 1.29 is 19.8 Å². The van der Waals surface area contributed by atoms with Gasteiger partial charge in [0.25, 0.3) is 0 Å². The molecule has 0 unspecified atom stereocenters. The molecule has 1 amide bonds. The highest BCUT2D eigenvalue weighted by molar-refractivity contribution is 5.83. The molecule has 0 spiro atoms. The second-order valence-electron chi connectivity index (χ2n) is 4.08. The predicted molar refractivity (Wildman–Crippen MR) is 66.3 cm³/mol. The Labute approximate surface area is 105 Å². The molecule has 5 nitrogen and oxygen atoms in total. The van der Waals surface area contributed by atoms with Crippen LogP contribution in [0, 0.1) is 0 Å². The highest BCUT2D eigenvalue weighted by Crippen LogP contribution is 2.11. The fourth-order valence-electron chi connectivity index (χ4n) is 1.56. The van der Waals surface area contributed by atoms with E-state index >= 15 is 0 Å². The summed E-state index contributed by atoms with van der Waals surface area (Å²) in [7, 11) is 0. The fraction of sp³-hybridized carbons (Fsp3) is 0.385. The van der Waals surface area contributed by atoms with Crippen LogP contribution in [0.4, 0.5) is 0 Å². The van der Waals surface area contributed by atoms with Gasteiger partial charge in [-0.05, 0) is 24.1 Å². The van der Waals surface area contributed by atoms with Crippen LogP contribution >= 0.6 is 0 Å². The molecule has 0 aromatic heterocycles. The molecular formula is C13H17NO4. The van der Waals surface area contributed by atoms with Crippen molar-refractivity contribution in [1.29, 1.82) is 0 Å². The van der Waals surface area contributed by atoms with Gasteiger partial charge in [0.1, 0.15) is 11.8 Å². The van der Waals surface area contributed by atoms with E-state index in [1.165, 1.54) is 12.1 Å². The molecule has 0 saturated heterocycles. The van der Waals surface area contributed by atoms with Crippen LogP contribution in [0.15, 0.2) is 24.3 Å². The Kier molecular flexibility index (Phi) is 5.17. The van der Waals surface area contributed by atoms with Gasteiger partial charge >= 0.3 is 5.97 Å². The minimum absolute atomic E-state index is 0.126. The Hall–Kier alpha value is -2.04. The topological polar surface area (TPSA) is 86.6 Å². The lowest BCUT2D eigenvalue weighted by Crippen LogP contribution is -2.42. The van der Waals surface area contributed by atoms with Crippen LogP contribution in [0.1, 0.15) is 25.3 Å². The normalized spacial score (nSPS) is 11.8. The van der Waals surface area contributed by atoms with Crippen molar-refractivity contribution in [3.8, 4) is 5.75 Å². The second-order valence-corrected chi connectivity index (χ2v) is 4.08. The summed E-state index contributed by atoms with van der Waals surface area (Å²) in [6, 6.07) is 5.31. The number of hydrogen-bond acceptors (Lipinski definition) is 3. The monoisotopic (exact) mass is 251 g/mol. The van der Waals surface area contributed by atoms with Crippen molar-refractivity contribution in [3.05, 3.63) is 29.8 Å². The zero-order valence-corrected chi connectivity index (χ0v) is 10.2. The lowest BCUT2D eigenvalue weighted by Gasteiger charge is -2.14. The number of amides is 1. The van der Waals surface area contributed by atoms with E-state index in [-0.39, 0.29) is 18.1 Å². The number of aliphatic carboxylic acids is 1. The Morgan fingerprint density at radius 3 is 2.39 bits per heavy atom. The minimum Gasteiger partial charge on any atom is -0.508 e. The van der Waals surface area contributed by atoms with Gasteiger partial charge < -0.3 is 15.5 Å². The highest BCUT2D eigenvalue weighted by Gasteiger charge is 2.19. The lowest BCUT2D eigenvalue weighted by atomic mass is 10.1. The van der Waals surface area contributed by atoms with E-state index in [1.54, 1.807) is 12.1 Å². The summed E-state index contributed by atoms with van der Waals surface area (Å²) in [4.78, 5) is 22.4. The van der Waals surface area contributed by atoms with Crippen LogP contribution in [0.2, 0.25) is 0 Å². The van der Waals surface area contributed by atoms with Crippen molar-refractivity contribution in [2.24, 2.45) is 0 Å². The predicted octanol–water partition coefficient (Wildman–Crippen LogP) is 1.30. The number of carbonyl (C=O) groups excluding carboxylic acids is 1. The molecule has 1 aromatic carbocycles. The number of rotatable bonds is 6. The van der Waals surface area contributed by atoms with Crippen LogP contribution in [-0.2, 0) is 16.0 Å². The van der Waals surface area contributed by atoms with E-state index in [4.69, 9.17) is 10.2 Å². The largest absolute Gasteiger partial charge is 0.508 e. The average Bonchev–Trinajstić information content (AvgIpc) is 2.31. The summed E-state index contributed by atoms with van der Waals surface area (Å²) < 4.78 is 0. The first kappa shape index (κ1) is 14.0. The van der Waals surface area contributed by atoms with Crippen LogP contribution in [-0.4, -0.2) is 28.1 Å². The van der Waals surface area contributed by atoms with E-state index in [2.05, 4.69) is 5.32 Å². The third-order valence-electron chi connectivity index (χ3n) is 2.49. The van der Waals surface area contributed by atoms with Crippen LogP contribution < -0.4 is 5.32 Å². The number of benzene rings is 1. The SMILES string of the molecule is CCCC(=O)N[C@H](Cc1ccc(O)cc1)C(=O)O. The number of nitrogens with one attached hydrogen (secondary N) is 1. The van der Waals surface area contributed by atoms with E-state index in [1.807, 2.05) is 6.92 Å². The zero-order chi connectivity index (χ0) is 13.5. The van der Waals surface area contributed by atoms with Crippen LogP contribution in [0.25, 0.3) is 0 Å². The van der Waals surface area contributed by atoms with Crippen molar-refractivity contribution in [2.75, 3.05) is 0 Å². The number of carboxylic acids is 1. The molecule has 0 bridgehead atoms. The van der Waals surface area contributed by atoms with Gasteiger partial charge in [0.15, 0.2) is 0 Å². The lowest BCUT2D eigenvalue weighted by molar-refractivity contribution is -0.141. The molecule has 0 fully saturated rings. The van der Waals surface area contributed by atoms with Gasteiger partial charge in [-0.25, -0.2) is 4.79 Å². The third kappa shape index (κ3) is 4.45.